The maximum Gasteiger partial charge on any atom is 0.290 e. The lowest BCUT2D eigenvalue weighted by atomic mass is 10.2. The van der Waals surface area contributed by atoms with E-state index in [1.807, 2.05) is 12.3 Å². The molecule has 2 heterocycles. The van der Waals surface area contributed by atoms with Gasteiger partial charge in [0.25, 0.3) is 5.91 Å². The SMILES string of the molecule is Cc1cscc1CN1CCC(=O)C1=O. The van der Waals surface area contributed by atoms with Crippen LogP contribution in [0.3, 0.4) is 0 Å². The zero-order valence-corrected chi connectivity index (χ0v) is 8.76. The highest BCUT2D eigenvalue weighted by atomic mass is 32.1. The van der Waals surface area contributed by atoms with Crippen molar-refractivity contribution in [2.45, 2.75) is 19.9 Å². The number of amides is 1. The van der Waals surface area contributed by atoms with Gasteiger partial charge in [0, 0.05) is 19.5 Å². The number of likely N-dealkylation sites (tertiary alicyclic amines) is 1. The van der Waals surface area contributed by atoms with Crippen molar-refractivity contribution in [3.8, 4) is 0 Å². The van der Waals surface area contributed by atoms with Gasteiger partial charge < -0.3 is 4.90 Å². The molecule has 0 saturated carbocycles. The van der Waals surface area contributed by atoms with E-state index in [4.69, 9.17) is 0 Å². The summed E-state index contributed by atoms with van der Waals surface area (Å²) in [6.07, 6.45) is 0.377. The fourth-order valence-corrected chi connectivity index (χ4v) is 2.37. The third-order valence-electron chi connectivity index (χ3n) is 2.46. The zero-order valence-electron chi connectivity index (χ0n) is 7.95. The molecule has 4 heteroatoms. The highest BCUT2D eigenvalue weighted by Crippen LogP contribution is 2.18. The first-order chi connectivity index (χ1) is 6.68. The minimum atomic E-state index is -0.324. The van der Waals surface area contributed by atoms with E-state index in [0.29, 0.717) is 19.5 Å². The van der Waals surface area contributed by atoms with Gasteiger partial charge in [0.1, 0.15) is 0 Å². The summed E-state index contributed by atoms with van der Waals surface area (Å²) in [7, 11) is 0. The number of hydrogen-bond donors (Lipinski definition) is 0. The Bertz CT molecular complexity index is 383. The summed E-state index contributed by atoms with van der Waals surface area (Å²) < 4.78 is 0. The molecule has 1 fully saturated rings. The number of hydrogen-bond acceptors (Lipinski definition) is 3. The molecule has 0 spiro atoms. The van der Waals surface area contributed by atoms with Crippen LogP contribution in [0.4, 0.5) is 0 Å². The highest BCUT2D eigenvalue weighted by molar-refractivity contribution is 7.08. The average molecular weight is 209 g/mol. The number of Topliss-reactive ketones (excluding diaryl/α,β-unsaturated/α-hetero) is 1. The molecule has 0 aliphatic carbocycles. The van der Waals surface area contributed by atoms with Crippen LogP contribution >= 0.6 is 11.3 Å². The van der Waals surface area contributed by atoms with E-state index in [0.717, 1.165) is 5.56 Å². The normalized spacial score (nSPS) is 16.8. The Labute approximate surface area is 86.3 Å². The summed E-state index contributed by atoms with van der Waals surface area (Å²) in [4.78, 5) is 24.0. The van der Waals surface area contributed by atoms with Crippen molar-refractivity contribution in [3.05, 3.63) is 21.9 Å². The predicted octanol–water partition coefficient (Wildman–Crippen LogP) is 1.36. The molecule has 0 N–H and O–H groups in total. The highest BCUT2D eigenvalue weighted by Gasteiger charge is 2.29. The Morgan fingerprint density at radius 3 is 2.71 bits per heavy atom. The quantitative estimate of drug-likeness (QED) is 0.690. The van der Waals surface area contributed by atoms with Crippen LogP contribution in [0.2, 0.25) is 0 Å². The molecule has 1 amide bonds. The van der Waals surface area contributed by atoms with Crippen LogP contribution in [-0.4, -0.2) is 23.1 Å². The largest absolute Gasteiger partial charge is 0.331 e. The molecule has 74 valence electrons. The second-order valence-corrected chi connectivity index (χ2v) is 4.22. The number of carbonyl (C=O) groups is 2. The predicted molar refractivity (Wildman–Crippen MR) is 54.1 cm³/mol. The minimum absolute atomic E-state index is 0.252. The summed E-state index contributed by atoms with van der Waals surface area (Å²) in [5.74, 6) is -0.575. The number of carbonyl (C=O) groups excluding carboxylic acids is 2. The smallest absolute Gasteiger partial charge is 0.290 e. The van der Waals surface area contributed by atoms with Crippen LogP contribution in [0, 0.1) is 6.92 Å². The van der Waals surface area contributed by atoms with Gasteiger partial charge >= 0.3 is 0 Å². The minimum Gasteiger partial charge on any atom is -0.331 e. The van der Waals surface area contributed by atoms with Crippen LogP contribution in [0.5, 0.6) is 0 Å². The average Bonchev–Trinajstić information content (AvgIpc) is 2.68. The number of aryl methyl sites for hydroxylation is 1. The molecule has 1 aromatic rings. The van der Waals surface area contributed by atoms with Gasteiger partial charge in [-0.1, -0.05) is 0 Å². The van der Waals surface area contributed by atoms with E-state index in [-0.39, 0.29) is 11.7 Å². The van der Waals surface area contributed by atoms with E-state index < -0.39 is 0 Å². The topological polar surface area (TPSA) is 37.4 Å². The number of nitrogens with zero attached hydrogens (tertiary/aromatic N) is 1. The summed E-state index contributed by atoms with van der Waals surface area (Å²) >= 11 is 1.63. The summed E-state index contributed by atoms with van der Waals surface area (Å²) in [6, 6.07) is 0. The van der Waals surface area contributed by atoms with Crippen molar-refractivity contribution in [1.29, 1.82) is 0 Å². The monoisotopic (exact) mass is 209 g/mol. The Balaban J connectivity index is 2.09. The van der Waals surface area contributed by atoms with Gasteiger partial charge in [-0.15, -0.1) is 0 Å². The van der Waals surface area contributed by atoms with Crippen molar-refractivity contribution in [3.63, 3.8) is 0 Å². The van der Waals surface area contributed by atoms with Crippen LogP contribution in [0.25, 0.3) is 0 Å². The molecule has 2 rings (SSSR count). The Morgan fingerprint density at radius 1 is 1.43 bits per heavy atom. The van der Waals surface area contributed by atoms with Crippen molar-refractivity contribution in [2.75, 3.05) is 6.54 Å². The van der Waals surface area contributed by atoms with Gasteiger partial charge in [0.15, 0.2) is 0 Å². The van der Waals surface area contributed by atoms with Crippen molar-refractivity contribution in [2.24, 2.45) is 0 Å². The molecule has 14 heavy (non-hydrogen) atoms. The third-order valence-corrected chi connectivity index (χ3v) is 3.37. The first-order valence-electron chi connectivity index (χ1n) is 4.52. The fourth-order valence-electron chi connectivity index (χ4n) is 1.53. The van der Waals surface area contributed by atoms with Gasteiger partial charge in [-0.3, -0.25) is 9.59 Å². The number of ketones is 1. The van der Waals surface area contributed by atoms with Gasteiger partial charge in [-0.2, -0.15) is 11.3 Å². The molecular formula is C10H11NO2S. The third kappa shape index (κ3) is 1.57. The molecule has 0 atom stereocenters. The second kappa shape index (κ2) is 3.53. The lowest BCUT2D eigenvalue weighted by Gasteiger charge is -2.13. The molecule has 0 bridgehead atoms. The van der Waals surface area contributed by atoms with Crippen molar-refractivity contribution < 1.29 is 9.59 Å². The van der Waals surface area contributed by atoms with E-state index in [1.165, 1.54) is 5.56 Å². The van der Waals surface area contributed by atoms with E-state index in [1.54, 1.807) is 16.2 Å². The number of thiophene rings is 1. The summed E-state index contributed by atoms with van der Waals surface area (Å²) in [5.41, 5.74) is 2.35. The van der Waals surface area contributed by atoms with Crippen molar-refractivity contribution >= 4 is 23.0 Å². The molecule has 1 aromatic heterocycles. The van der Waals surface area contributed by atoms with E-state index in [9.17, 15) is 9.59 Å². The standard InChI is InChI=1S/C10H11NO2S/c1-7-5-14-6-8(7)4-11-3-2-9(12)10(11)13/h5-6H,2-4H2,1H3. The molecule has 1 saturated heterocycles. The van der Waals surface area contributed by atoms with E-state index >= 15 is 0 Å². The lowest BCUT2D eigenvalue weighted by Crippen LogP contribution is -2.26. The Kier molecular flexibility index (Phi) is 2.37. The molecular weight excluding hydrogens is 198 g/mol. The van der Waals surface area contributed by atoms with Crippen LogP contribution < -0.4 is 0 Å². The molecule has 1 aliphatic heterocycles. The Morgan fingerprint density at radius 2 is 2.21 bits per heavy atom. The van der Waals surface area contributed by atoms with Gasteiger partial charge in [0.05, 0.1) is 0 Å². The molecule has 0 unspecified atom stereocenters. The molecule has 0 radical (unpaired) electrons. The van der Waals surface area contributed by atoms with E-state index in [2.05, 4.69) is 5.38 Å². The van der Waals surface area contributed by atoms with Gasteiger partial charge in [-0.25, -0.2) is 0 Å². The molecule has 1 aliphatic rings. The fraction of sp³-hybridized carbons (Fsp3) is 0.400. The first-order valence-corrected chi connectivity index (χ1v) is 5.46. The summed E-state index contributed by atoms with van der Waals surface area (Å²) in [5, 5.41) is 4.09. The number of rotatable bonds is 2. The Hall–Kier alpha value is -1.16. The molecule has 3 nitrogen and oxygen atoms in total. The van der Waals surface area contributed by atoms with Crippen LogP contribution in [-0.2, 0) is 16.1 Å². The molecule has 0 aromatic carbocycles. The maximum atomic E-state index is 11.3. The van der Waals surface area contributed by atoms with Crippen molar-refractivity contribution in [1.82, 2.24) is 4.90 Å². The van der Waals surface area contributed by atoms with Crippen LogP contribution in [0.15, 0.2) is 10.8 Å². The zero-order chi connectivity index (χ0) is 10.1. The second-order valence-electron chi connectivity index (χ2n) is 3.48. The first kappa shape index (κ1) is 9.40. The maximum absolute atomic E-state index is 11.3. The van der Waals surface area contributed by atoms with Gasteiger partial charge in [0.2, 0.25) is 5.78 Å². The van der Waals surface area contributed by atoms with Gasteiger partial charge in [-0.05, 0) is 28.8 Å². The lowest BCUT2D eigenvalue weighted by molar-refractivity contribution is -0.140. The summed E-state index contributed by atoms with van der Waals surface area (Å²) in [6.45, 7) is 3.18. The van der Waals surface area contributed by atoms with Crippen LogP contribution in [0.1, 0.15) is 17.5 Å².